The first-order valence-electron chi connectivity index (χ1n) is 11.1. The lowest BCUT2D eigenvalue weighted by atomic mass is 9.89. The van der Waals surface area contributed by atoms with Gasteiger partial charge < -0.3 is 22.9 Å². The third kappa shape index (κ3) is 12.3. The van der Waals surface area contributed by atoms with Crippen LogP contribution in [0.15, 0.2) is 0 Å². The largest absolute Gasteiger partial charge is 1.00 e. The summed E-state index contributed by atoms with van der Waals surface area (Å²) in [4.78, 5) is 0. The maximum atomic E-state index is 5.87. The number of halogens is 1. The number of ether oxygens (including phenoxy) is 1. The fourth-order valence-corrected chi connectivity index (χ4v) is 4.03. The van der Waals surface area contributed by atoms with E-state index in [0.29, 0.717) is 6.10 Å². The Kier molecular flexibility index (Phi) is 15.4. The number of quaternary nitrogens is 1. The third-order valence-electron chi connectivity index (χ3n) is 5.73. The highest BCUT2D eigenvalue weighted by Gasteiger charge is 2.57. The van der Waals surface area contributed by atoms with E-state index in [4.69, 9.17) is 4.74 Å². The molecule has 0 radical (unpaired) electrons. The summed E-state index contributed by atoms with van der Waals surface area (Å²) in [5.74, 6) is 0.763. The molecular weight excluding hydrogens is 330 g/mol. The van der Waals surface area contributed by atoms with Crippen molar-refractivity contribution < 1.29 is 22.9 Å². The van der Waals surface area contributed by atoms with Crippen LogP contribution in [0.1, 0.15) is 124 Å². The quantitative estimate of drug-likeness (QED) is 0.307. The molecular formula is C22H46ClNO. The molecule has 0 bridgehead atoms. The Hall–Kier alpha value is 0.210. The van der Waals surface area contributed by atoms with E-state index in [0.717, 1.165) is 5.92 Å². The molecule has 3 atom stereocenters. The Morgan fingerprint density at radius 3 is 1.36 bits per heavy atom. The summed E-state index contributed by atoms with van der Waals surface area (Å²) in [6, 6.07) is 0. The van der Waals surface area contributed by atoms with E-state index in [2.05, 4.69) is 26.5 Å². The van der Waals surface area contributed by atoms with Crippen molar-refractivity contribution in [3.63, 3.8) is 0 Å². The van der Waals surface area contributed by atoms with E-state index in [9.17, 15) is 0 Å². The Morgan fingerprint density at radius 1 is 0.720 bits per heavy atom. The van der Waals surface area contributed by atoms with Gasteiger partial charge in [-0.05, 0) is 18.8 Å². The summed E-state index contributed by atoms with van der Waals surface area (Å²) in [7, 11) is 0. The lowest BCUT2D eigenvalue weighted by Crippen LogP contribution is -3.00. The van der Waals surface area contributed by atoms with Crippen LogP contribution in [-0.2, 0) is 4.74 Å². The molecule has 3 N–H and O–H groups in total. The van der Waals surface area contributed by atoms with E-state index in [-0.39, 0.29) is 18.1 Å². The number of hydrogen-bond acceptors (Lipinski definition) is 1. The standard InChI is InChI=1S/C22H45NO.ClH/c1-4-6-8-10-12-13-15-17-19-20(21-22(3,23)24-21)18-16-14-11-9-7-5-2;/h20-21H,4-19,23H2,1-3H3;1H. The molecule has 1 aliphatic rings. The van der Waals surface area contributed by atoms with Gasteiger partial charge in [0.1, 0.15) is 6.10 Å². The zero-order valence-electron chi connectivity index (χ0n) is 17.5. The highest BCUT2D eigenvalue weighted by molar-refractivity contribution is 4.92. The van der Waals surface area contributed by atoms with Crippen LogP contribution < -0.4 is 18.1 Å². The Bertz CT molecular complexity index is 296. The van der Waals surface area contributed by atoms with E-state index < -0.39 is 0 Å². The maximum Gasteiger partial charge on any atom is 0.223 e. The van der Waals surface area contributed by atoms with Crippen molar-refractivity contribution in [1.29, 1.82) is 0 Å². The molecule has 0 aromatic carbocycles. The predicted molar refractivity (Wildman–Crippen MR) is 105 cm³/mol. The Labute approximate surface area is 164 Å². The average molecular weight is 376 g/mol. The zero-order chi connectivity index (χ0) is 17.7. The predicted octanol–water partition coefficient (Wildman–Crippen LogP) is 3.24. The average Bonchev–Trinajstić information content (AvgIpc) is 3.19. The first-order chi connectivity index (χ1) is 11.6. The number of rotatable bonds is 17. The second kappa shape index (κ2) is 15.3. The van der Waals surface area contributed by atoms with Crippen LogP contribution in [0.2, 0.25) is 0 Å². The summed E-state index contributed by atoms with van der Waals surface area (Å²) in [5.41, 5.74) is 4.14. The van der Waals surface area contributed by atoms with Gasteiger partial charge in [-0.25, -0.2) is 0 Å². The Morgan fingerprint density at radius 2 is 1.04 bits per heavy atom. The Balaban J connectivity index is 0.00000576. The molecule has 0 aliphatic carbocycles. The topological polar surface area (TPSA) is 40.2 Å². The summed E-state index contributed by atoms with van der Waals surface area (Å²) >= 11 is 0. The number of epoxide rings is 1. The van der Waals surface area contributed by atoms with Crippen molar-refractivity contribution in [3.8, 4) is 0 Å². The second-order valence-corrected chi connectivity index (χ2v) is 8.43. The van der Waals surface area contributed by atoms with Crippen LogP contribution in [0.3, 0.4) is 0 Å². The minimum absolute atomic E-state index is 0. The number of hydrogen-bond donors (Lipinski definition) is 1. The fourth-order valence-electron chi connectivity index (χ4n) is 4.03. The van der Waals surface area contributed by atoms with Gasteiger partial charge in [0, 0.05) is 6.92 Å². The summed E-state index contributed by atoms with van der Waals surface area (Å²) in [5, 5.41) is 0. The molecule has 1 aliphatic heterocycles. The van der Waals surface area contributed by atoms with Crippen LogP contribution in [0.4, 0.5) is 0 Å². The van der Waals surface area contributed by atoms with E-state index in [1.54, 1.807) is 0 Å². The smallest absolute Gasteiger partial charge is 0.223 e. The molecule has 152 valence electrons. The van der Waals surface area contributed by atoms with Gasteiger partial charge in [0.2, 0.25) is 5.72 Å². The van der Waals surface area contributed by atoms with Gasteiger partial charge in [-0.15, -0.1) is 0 Å². The van der Waals surface area contributed by atoms with Crippen molar-refractivity contribution in [2.75, 3.05) is 0 Å². The lowest BCUT2D eigenvalue weighted by Gasteiger charge is -2.14. The molecule has 3 heteroatoms. The van der Waals surface area contributed by atoms with Crippen molar-refractivity contribution in [3.05, 3.63) is 0 Å². The molecule has 1 heterocycles. The van der Waals surface area contributed by atoms with Crippen molar-refractivity contribution >= 4 is 0 Å². The van der Waals surface area contributed by atoms with Crippen LogP contribution in [-0.4, -0.2) is 11.8 Å². The number of unbranched alkanes of at least 4 members (excludes halogenated alkanes) is 12. The molecule has 2 nitrogen and oxygen atoms in total. The summed E-state index contributed by atoms with van der Waals surface area (Å²) in [6.07, 6.45) is 22.9. The molecule has 0 aromatic rings. The molecule has 0 amide bonds. The highest BCUT2D eigenvalue weighted by Crippen LogP contribution is 2.39. The molecule has 0 saturated carbocycles. The normalized spacial score (nSPS) is 23.3. The maximum absolute atomic E-state index is 5.87. The van der Waals surface area contributed by atoms with Crippen LogP contribution in [0, 0.1) is 5.92 Å². The van der Waals surface area contributed by atoms with E-state index in [1.165, 1.54) is 103 Å². The van der Waals surface area contributed by atoms with E-state index in [1.807, 2.05) is 0 Å². The first kappa shape index (κ1) is 25.2. The monoisotopic (exact) mass is 375 g/mol. The van der Waals surface area contributed by atoms with Gasteiger partial charge in [-0.1, -0.05) is 104 Å². The highest BCUT2D eigenvalue weighted by atomic mass is 35.5. The molecule has 1 fully saturated rings. The second-order valence-electron chi connectivity index (χ2n) is 8.43. The van der Waals surface area contributed by atoms with Crippen molar-refractivity contribution in [2.24, 2.45) is 5.92 Å². The minimum Gasteiger partial charge on any atom is -1.00 e. The molecule has 0 spiro atoms. The van der Waals surface area contributed by atoms with Gasteiger partial charge in [0.25, 0.3) is 0 Å². The minimum atomic E-state index is -0.0764. The van der Waals surface area contributed by atoms with Gasteiger partial charge in [-0.2, -0.15) is 0 Å². The SMILES string of the molecule is CCCCCCCCCCC(CCCCCCCC)C1OC1(C)[NH3+].[Cl-]. The van der Waals surface area contributed by atoms with Gasteiger partial charge in [0.05, 0.1) is 0 Å². The molecule has 1 saturated heterocycles. The van der Waals surface area contributed by atoms with Crippen LogP contribution in [0.25, 0.3) is 0 Å². The molecule has 3 unspecified atom stereocenters. The summed E-state index contributed by atoms with van der Waals surface area (Å²) in [6.45, 7) is 6.75. The molecule has 1 rings (SSSR count). The van der Waals surface area contributed by atoms with Crippen molar-refractivity contribution in [2.45, 2.75) is 135 Å². The van der Waals surface area contributed by atoms with Gasteiger partial charge in [0.15, 0.2) is 0 Å². The van der Waals surface area contributed by atoms with Gasteiger partial charge in [-0.3, -0.25) is 0 Å². The van der Waals surface area contributed by atoms with Crippen molar-refractivity contribution in [1.82, 2.24) is 0 Å². The van der Waals surface area contributed by atoms with Gasteiger partial charge >= 0.3 is 0 Å². The molecule has 0 aromatic heterocycles. The van der Waals surface area contributed by atoms with E-state index >= 15 is 0 Å². The van der Waals surface area contributed by atoms with Crippen LogP contribution >= 0.6 is 0 Å². The summed E-state index contributed by atoms with van der Waals surface area (Å²) < 4.78 is 5.87. The third-order valence-corrected chi connectivity index (χ3v) is 5.73. The zero-order valence-corrected chi connectivity index (χ0v) is 18.2. The fraction of sp³-hybridized carbons (Fsp3) is 1.00. The first-order valence-corrected chi connectivity index (χ1v) is 11.1. The lowest BCUT2D eigenvalue weighted by molar-refractivity contribution is -0.464. The van der Waals surface area contributed by atoms with Crippen LogP contribution in [0.5, 0.6) is 0 Å². The molecule has 25 heavy (non-hydrogen) atoms.